The van der Waals surface area contributed by atoms with Crippen LogP contribution >= 0.6 is 0 Å². The van der Waals surface area contributed by atoms with E-state index in [9.17, 15) is 13.2 Å². The molecule has 25 heavy (non-hydrogen) atoms. The third-order valence-electron chi connectivity index (χ3n) is 4.42. The van der Waals surface area contributed by atoms with Crippen LogP contribution in [0.2, 0.25) is 0 Å². The van der Waals surface area contributed by atoms with Crippen LogP contribution in [0.3, 0.4) is 0 Å². The zero-order valence-electron chi connectivity index (χ0n) is 16.3. The number of hydrogen-bond acceptors (Lipinski definition) is 4. The normalized spacial score (nSPS) is 12.2. The summed E-state index contributed by atoms with van der Waals surface area (Å²) in [6.07, 6.45) is 0. The van der Waals surface area contributed by atoms with Crippen LogP contribution in [-0.2, 0) is 10.0 Å². The molecule has 7 heteroatoms. The zero-order chi connectivity index (χ0) is 19.4. The molecule has 0 spiro atoms. The predicted octanol–water partition coefficient (Wildman–Crippen LogP) is 2.06. The van der Waals surface area contributed by atoms with Crippen molar-refractivity contribution >= 4 is 15.9 Å². The molecule has 1 rings (SSSR count). The van der Waals surface area contributed by atoms with Crippen LogP contribution in [0.5, 0.6) is 0 Å². The molecule has 0 saturated heterocycles. The van der Waals surface area contributed by atoms with Crippen molar-refractivity contribution in [1.82, 2.24) is 14.9 Å². The maximum Gasteiger partial charge on any atom is 0.251 e. The van der Waals surface area contributed by atoms with Gasteiger partial charge in [0, 0.05) is 30.7 Å². The molecule has 0 bridgehead atoms. The Morgan fingerprint density at radius 3 is 2.16 bits per heavy atom. The van der Waals surface area contributed by atoms with Crippen molar-refractivity contribution in [3.05, 3.63) is 28.8 Å². The van der Waals surface area contributed by atoms with Crippen molar-refractivity contribution < 1.29 is 13.2 Å². The Hall–Kier alpha value is -1.44. The summed E-state index contributed by atoms with van der Waals surface area (Å²) in [6, 6.07) is 3.95. The fourth-order valence-corrected chi connectivity index (χ4v) is 3.93. The first-order valence-electron chi connectivity index (χ1n) is 8.60. The summed E-state index contributed by atoms with van der Waals surface area (Å²) in [7, 11) is -2.24. The number of carbonyl (C=O) groups is 1. The lowest BCUT2D eigenvalue weighted by Gasteiger charge is -2.30. The summed E-state index contributed by atoms with van der Waals surface area (Å²) in [5.74, 6) is -0.261. The number of aryl methyl sites for hydroxylation is 1. The fraction of sp³-hybridized carbons (Fsp3) is 0.611. The molecule has 1 aromatic carbocycles. The van der Waals surface area contributed by atoms with Crippen LogP contribution in [0, 0.1) is 13.8 Å². The molecule has 0 aliphatic carbocycles. The summed E-state index contributed by atoms with van der Waals surface area (Å²) in [5.41, 5.74) is 1.78. The highest BCUT2D eigenvalue weighted by Crippen LogP contribution is 2.21. The number of hydrogen-bond donors (Lipinski definition) is 2. The Morgan fingerprint density at radius 1 is 1.12 bits per heavy atom. The predicted molar refractivity (Wildman–Crippen MR) is 101 cm³/mol. The molecule has 6 nitrogen and oxygen atoms in total. The minimum absolute atomic E-state index is 0.145. The molecule has 0 aliphatic rings. The van der Waals surface area contributed by atoms with Crippen molar-refractivity contribution in [3.8, 4) is 0 Å². The first kappa shape index (κ1) is 21.6. The monoisotopic (exact) mass is 369 g/mol. The maximum atomic E-state index is 12.5. The largest absolute Gasteiger partial charge is 0.351 e. The van der Waals surface area contributed by atoms with Crippen molar-refractivity contribution in [1.29, 1.82) is 0 Å². The van der Waals surface area contributed by atoms with Gasteiger partial charge in [0.05, 0.1) is 4.90 Å². The molecule has 142 valence electrons. The summed E-state index contributed by atoms with van der Waals surface area (Å²) in [5, 5.41) is 2.89. The third kappa shape index (κ3) is 5.52. The fourth-order valence-electron chi connectivity index (χ4n) is 2.86. The van der Waals surface area contributed by atoms with Crippen molar-refractivity contribution in [2.45, 2.75) is 58.5 Å². The van der Waals surface area contributed by atoms with Gasteiger partial charge in [0.1, 0.15) is 0 Å². The molecule has 0 atom stereocenters. The van der Waals surface area contributed by atoms with Gasteiger partial charge in [-0.2, -0.15) is 0 Å². The highest BCUT2D eigenvalue weighted by Gasteiger charge is 2.19. The minimum atomic E-state index is -3.60. The molecule has 0 radical (unpaired) electrons. The van der Waals surface area contributed by atoms with Crippen molar-refractivity contribution in [2.24, 2.45) is 0 Å². The molecule has 0 fully saturated rings. The molecule has 1 aromatic rings. The zero-order valence-corrected chi connectivity index (χ0v) is 17.1. The van der Waals surface area contributed by atoms with Crippen LogP contribution in [0.25, 0.3) is 0 Å². The number of benzene rings is 1. The second-order valence-corrected chi connectivity index (χ2v) is 8.66. The quantitative estimate of drug-likeness (QED) is 0.735. The van der Waals surface area contributed by atoms with Gasteiger partial charge in [-0.3, -0.25) is 9.69 Å². The van der Waals surface area contributed by atoms with Crippen LogP contribution in [0.4, 0.5) is 0 Å². The molecule has 0 aromatic heterocycles. The van der Waals surface area contributed by atoms with Crippen molar-refractivity contribution in [2.75, 3.05) is 20.1 Å². The average Bonchev–Trinajstić information content (AvgIpc) is 2.52. The number of nitrogens with one attached hydrogen (secondary N) is 2. The van der Waals surface area contributed by atoms with Crippen molar-refractivity contribution in [3.63, 3.8) is 0 Å². The molecule has 0 saturated carbocycles. The van der Waals surface area contributed by atoms with E-state index >= 15 is 0 Å². The van der Waals surface area contributed by atoms with Gasteiger partial charge in [-0.1, -0.05) is 0 Å². The third-order valence-corrected chi connectivity index (χ3v) is 5.96. The van der Waals surface area contributed by atoms with E-state index in [-0.39, 0.29) is 10.8 Å². The molecule has 0 unspecified atom stereocenters. The molecule has 0 heterocycles. The van der Waals surface area contributed by atoms with Gasteiger partial charge in [-0.25, -0.2) is 13.1 Å². The standard InChI is InChI=1S/C18H31N3O3S/c1-12(2)21(13(3)4)9-8-20-18(22)16-10-14(5)15(6)17(11-16)25(23,24)19-7/h10-13,19H,8-9H2,1-7H3,(H,20,22). The number of carbonyl (C=O) groups excluding carboxylic acids is 1. The van der Waals surface area contributed by atoms with E-state index in [1.54, 1.807) is 19.9 Å². The van der Waals surface area contributed by atoms with E-state index in [4.69, 9.17) is 0 Å². The SMILES string of the molecule is CNS(=O)(=O)c1cc(C(=O)NCCN(C(C)C)C(C)C)cc(C)c1C. The average molecular weight is 370 g/mol. The summed E-state index contributed by atoms with van der Waals surface area (Å²) in [6.45, 7) is 13.3. The van der Waals surface area contributed by atoms with E-state index in [2.05, 4.69) is 42.6 Å². The van der Waals surface area contributed by atoms with Gasteiger partial charge in [-0.05, 0) is 71.8 Å². The van der Waals surface area contributed by atoms with E-state index in [1.807, 2.05) is 0 Å². The van der Waals surface area contributed by atoms with Gasteiger partial charge in [0.25, 0.3) is 5.91 Å². The topological polar surface area (TPSA) is 78.5 Å². The summed E-state index contributed by atoms with van der Waals surface area (Å²) < 4.78 is 26.6. The van der Waals surface area contributed by atoms with E-state index in [0.717, 1.165) is 12.1 Å². The van der Waals surface area contributed by atoms with Crippen LogP contribution < -0.4 is 10.0 Å². The van der Waals surface area contributed by atoms with E-state index in [1.165, 1.54) is 13.1 Å². The van der Waals surface area contributed by atoms with Gasteiger partial charge in [0.15, 0.2) is 0 Å². The van der Waals surface area contributed by atoms with Crippen LogP contribution in [0.1, 0.15) is 49.2 Å². The van der Waals surface area contributed by atoms with Gasteiger partial charge in [-0.15, -0.1) is 0 Å². The highest BCUT2D eigenvalue weighted by atomic mass is 32.2. The second-order valence-electron chi connectivity index (χ2n) is 6.81. The first-order valence-corrected chi connectivity index (χ1v) is 10.1. The Kier molecular flexibility index (Phi) is 7.59. The lowest BCUT2D eigenvalue weighted by Crippen LogP contribution is -2.42. The summed E-state index contributed by atoms with van der Waals surface area (Å²) in [4.78, 5) is 14.9. The van der Waals surface area contributed by atoms with Gasteiger partial charge >= 0.3 is 0 Å². The Morgan fingerprint density at radius 2 is 1.68 bits per heavy atom. The molecule has 2 N–H and O–H groups in total. The Bertz CT molecular complexity index is 705. The molecular formula is C18H31N3O3S. The lowest BCUT2D eigenvalue weighted by atomic mass is 10.1. The number of amides is 1. The van der Waals surface area contributed by atoms with Gasteiger partial charge in [0.2, 0.25) is 10.0 Å². The number of nitrogens with zero attached hydrogens (tertiary/aromatic N) is 1. The van der Waals surface area contributed by atoms with Crippen LogP contribution in [-0.4, -0.2) is 51.4 Å². The highest BCUT2D eigenvalue weighted by molar-refractivity contribution is 7.89. The maximum absolute atomic E-state index is 12.5. The van der Waals surface area contributed by atoms with Crippen LogP contribution in [0.15, 0.2) is 17.0 Å². The molecular weight excluding hydrogens is 338 g/mol. The second kappa shape index (κ2) is 8.78. The summed E-state index contributed by atoms with van der Waals surface area (Å²) >= 11 is 0. The van der Waals surface area contributed by atoms with E-state index in [0.29, 0.717) is 29.8 Å². The lowest BCUT2D eigenvalue weighted by molar-refractivity contribution is 0.0939. The number of rotatable bonds is 8. The smallest absolute Gasteiger partial charge is 0.251 e. The Balaban J connectivity index is 2.93. The van der Waals surface area contributed by atoms with E-state index < -0.39 is 10.0 Å². The number of sulfonamides is 1. The molecule has 1 amide bonds. The van der Waals surface area contributed by atoms with Gasteiger partial charge < -0.3 is 5.32 Å². The first-order chi connectivity index (χ1) is 11.5. The molecule has 0 aliphatic heterocycles. The minimum Gasteiger partial charge on any atom is -0.351 e. The Labute approximate surface area is 152 Å².